The van der Waals surface area contributed by atoms with Gasteiger partial charge in [-0.25, -0.2) is 0 Å². The van der Waals surface area contributed by atoms with Gasteiger partial charge in [-0.15, -0.1) is 0 Å². The summed E-state index contributed by atoms with van der Waals surface area (Å²) in [5, 5.41) is 10.6. The van der Waals surface area contributed by atoms with E-state index in [0.29, 0.717) is 17.1 Å². The molecule has 1 aliphatic heterocycles. The van der Waals surface area contributed by atoms with Crippen LogP contribution in [-0.4, -0.2) is 28.4 Å². The van der Waals surface area contributed by atoms with E-state index in [1.165, 1.54) is 19.3 Å². The molecule has 0 unspecified atom stereocenters. The van der Waals surface area contributed by atoms with Crippen LogP contribution in [0.1, 0.15) is 51.0 Å². The predicted octanol–water partition coefficient (Wildman–Crippen LogP) is 4.34. The quantitative estimate of drug-likeness (QED) is 0.568. The molecular formula is C18H22ClNO3. The standard InChI is InChI=1S/C18H22ClNO3/c1-2-3-4-5-6-7-12-20-17(22)15(16(21)18(20)23)13-8-10-14(19)11-9-13/h8-11,21H,2-7,12H2,1H3. The number of carbonyl (C=O) groups is 2. The van der Waals surface area contributed by atoms with Crippen LogP contribution in [0.2, 0.25) is 5.02 Å². The summed E-state index contributed by atoms with van der Waals surface area (Å²) < 4.78 is 0. The third-order valence-electron chi connectivity index (χ3n) is 4.01. The molecule has 0 bridgehead atoms. The van der Waals surface area contributed by atoms with Crippen molar-refractivity contribution in [3.63, 3.8) is 0 Å². The van der Waals surface area contributed by atoms with Gasteiger partial charge in [0.25, 0.3) is 11.8 Å². The third-order valence-corrected chi connectivity index (χ3v) is 4.26. The fourth-order valence-corrected chi connectivity index (χ4v) is 2.82. The van der Waals surface area contributed by atoms with Crippen molar-refractivity contribution in [3.05, 3.63) is 40.6 Å². The summed E-state index contributed by atoms with van der Waals surface area (Å²) in [5.74, 6) is -1.50. The Morgan fingerprint density at radius 1 is 0.957 bits per heavy atom. The predicted molar refractivity (Wildman–Crippen MR) is 91.1 cm³/mol. The van der Waals surface area contributed by atoms with E-state index in [1.807, 2.05) is 0 Å². The maximum absolute atomic E-state index is 12.4. The summed E-state index contributed by atoms with van der Waals surface area (Å²) in [6.07, 6.45) is 6.43. The van der Waals surface area contributed by atoms with Crippen molar-refractivity contribution in [1.29, 1.82) is 0 Å². The lowest BCUT2D eigenvalue weighted by atomic mass is 10.1. The Morgan fingerprint density at radius 2 is 1.57 bits per heavy atom. The molecule has 1 heterocycles. The molecule has 0 radical (unpaired) electrons. The molecule has 5 heteroatoms. The van der Waals surface area contributed by atoms with Crippen LogP contribution in [-0.2, 0) is 9.59 Å². The van der Waals surface area contributed by atoms with Crippen molar-refractivity contribution in [2.45, 2.75) is 45.4 Å². The molecule has 4 nitrogen and oxygen atoms in total. The van der Waals surface area contributed by atoms with Gasteiger partial charge in [-0.2, -0.15) is 0 Å². The van der Waals surface area contributed by atoms with E-state index in [4.69, 9.17) is 11.6 Å². The topological polar surface area (TPSA) is 57.6 Å². The van der Waals surface area contributed by atoms with E-state index in [9.17, 15) is 14.7 Å². The Bertz CT molecular complexity index is 607. The Labute approximate surface area is 141 Å². The van der Waals surface area contributed by atoms with Gasteiger partial charge in [0.1, 0.15) is 0 Å². The van der Waals surface area contributed by atoms with E-state index < -0.39 is 17.6 Å². The average molecular weight is 336 g/mol. The highest BCUT2D eigenvalue weighted by Crippen LogP contribution is 2.29. The van der Waals surface area contributed by atoms with Gasteiger partial charge in [0, 0.05) is 11.6 Å². The fourth-order valence-electron chi connectivity index (χ4n) is 2.69. The first-order valence-electron chi connectivity index (χ1n) is 8.11. The summed E-state index contributed by atoms with van der Waals surface area (Å²) in [4.78, 5) is 25.7. The van der Waals surface area contributed by atoms with Crippen molar-refractivity contribution in [1.82, 2.24) is 4.90 Å². The zero-order valence-electron chi connectivity index (χ0n) is 13.3. The smallest absolute Gasteiger partial charge is 0.296 e. The Hall–Kier alpha value is -1.81. The minimum absolute atomic E-state index is 0.0673. The van der Waals surface area contributed by atoms with Gasteiger partial charge in [-0.3, -0.25) is 14.5 Å². The van der Waals surface area contributed by atoms with E-state index in [-0.39, 0.29) is 5.57 Å². The monoisotopic (exact) mass is 335 g/mol. The molecule has 0 fully saturated rings. The third kappa shape index (κ3) is 4.14. The average Bonchev–Trinajstić information content (AvgIpc) is 2.75. The van der Waals surface area contributed by atoms with Crippen molar-refractivity contribution >= 4 is 29.0 Å². The molecule has 0 atom stereocenters. The van der Waals surface area contributed by atoms with Crippen molar-refractivity contribution in [3.8, 4) is 0 Å². The van der Waals surface area contributed by atoms with Crippen LogP contribution in [0, 0.1) is 0 Å². The van der Waals surface area contributed by atoms with Gasteiger partial charge in [-0.05, 0) is 24.1 Å². The number of rotatable bonds is 8. The molecule has 0 aromatic heterocycles. The van der Waals surface area contributed by atoms with Gasteiger partial charge >= 0.3 is 0 Å². The Balaban J connectivity index is 1.97. The molecule has 23 heavy (non-hydrogen) atoms. The molecule has 0 aliphatic carbocycles. The molecular weight excluding hydrogens is 314 g/mol. The molecule has 0 saturated carbocycles. The van der Waals surface area contributed by atoms with Crippen LogP contribution in [0.4, 0.5) is 0 Å². The maximum atomic E-state index is 12.4. The van der Waals surface area contributed by atoms with Gasteiger partial charge in [0.2, 0.25) is 0 Å². The van der Waals surface area contributed by atoms with Crippen LogP contribution < -0.4 is 0 Å². The van der Waals surface area contributed by atoms with Gasteiger partial charge in [-0.1, -0.05) is 62.8 Å². The number of carbonyl (C=O) groups excluding carboxylic acids is 2. The summed E-state index contributed by atoms with van der Waals surface area (Å²) >= 11 is 5.83. The second kappa shape index (κ2) is 8.16. The Morgan fingerprint density at radius 3 is 2.22 bits per heavy atom. The van der Waals surface area contributed by atoms with Crippen molar-refractivity contribution in [2.75, 3.05) is 6.54 Å². The van der Waals surface area contributed by atoms with Crippen LogP contribution in [0.15, 0.2) is 30.0 Å². The van der Waals surface area contributed by atoms with E-state index in [2.05, 4.69) is 6.92 Å². The molecule has 1 N–H and O–H groups in total. The first-order chi connectivity index (χ1) is 11.1. The number of hydrogen-bond acceptors (Lipinski definition) is 3. The molecule has 124 valence electrons. The minimum Gasteiger partial charge on any atom is -0.502 e. The number of nitrogens with zero attached hydrogens (tertiary/aromatic N) is 1. The molecule has 1 aromatic carbocycles. The molecule has 0 saturated heterocycles. The normalized spacial score (nSPS) is 15.0. The van der Waals surface area contributed by atoms with E-state index in [0.717, 1.165) is 24.2 Å². The van der Waals surface area contributed by atoms with Gasteiger partial charge < -0.3 is 5.11 Å². The lowest BCUT2D eigenvalue weighted by molar-refractivity contribution is -0.138. The highest BCUT2D eigenvalue weighted by molar-refractivity contribution is 6.35. The van der Waals surface area contributed by atoms with Crippen molar-refractivity contribution in [2.24, 2.45) is 0 Å². The highest BCUT2D eigenvalue weighted by Gasteiger charge is 2.38. The largest absolute Gasteiger partial charge is 0.502 e. The van der Waals surface area contributed by atoms with Crippen LogP contribution in [0.3, 0.4) is 0 Å². The lowest BCUT2D eigenvalue weighted by Crippen LogP contribution is -2.32. The SMILES string of the molecule is CCCCCCCCN1C(=O)C(O)=C(c2ccc(Cl)cc2)C1=O. The van der Waals surface area contributed by atoms with E-state index >= 15 is 0 Å². The number of hydrogen-bond donors (Lipinski definition) is 1. The summed E-state index contributed by atoms with van der Waals surface area (Å²) in [6, 6.07) is 6.53. The van der Waals surface area contributed by atoms with Gasteiger partial charge in [0.15, 0.2) is 5.76 Å². The number of imide groups is 1. The number of amides is 2. The lowest BCUT2D eigenvalue weighted by Gasteiger charge is -2.14. The zero-order chi connectivity index (χ0) is 16.8. The van der Waals surface area contributed by atoms with Crippen LogP contribution in [0.5, 0.6) is 0 Å². The summed E-state index contributed by atoms with van der Waals surface area (Å²) in [5.41, 5.74) is 0.577. The minimum atomic E-state index is -0.603. The number of benzene rings is 1. The maximum Gasteiger partial charge on any atom is 0.296 e. The fraction of sp³-hybridized carbons (Fsp3) is 0.444. The number of halogens is 1. The second-order valence-corrected chi connectivity index (χ2v) is 6.20. The van der Waals surface area contributed by atoms with Crippen LogP contribution >= 0.6 is 11.6 Å². The number of aliphatic hydroxyl groups is 1. The van der Waals surface area contributed by atoms with Crippen LogP contribution in [0.25, 0.3) is 5.57 Å². The van der Waals surface area contributed by atoms with E-state index in [1.54, 1.807) is 24.3 Å². The van der Waals surface area contributed by atoms with Gasteiger partial charge in [0.05, 0.1) is 5.57 Å². The first-order valence-corrected chi connectivity index (χ1v) is 8.49. The Kier molecular flexibility index (Phi) is 6.22. The molecule has 2 rings (SSSR count). The number of unbranched alkanes of at least 4 members (excludes halogenated alkanes) is 5. The number of aliphatic hydroxyl groups excluding tert-OH is 1. The van der Waals surface area contributed by atoms with Crippen molar-refractivity contribution < 1.29 is 14.7 Å². The molecule has 0 spiro atoms. The zero-order valence-corrected chi connectivity index (χ0v) is 14.1. The summed E-state index contributed by atoms with van der Waals surface area (Å²) in [7, 11) is 0. The highest BCUT2D eigenvalue weighted by atomic mass is 35.5. The summed E-state index contributed by atoms with van der Waals surface area (Å²) in [6.45, 7) is 2.51. The molecule has 1 aliphatic rings. The molecule has 2 amide bonds. The molecule has 1 aromatic rings. The first kappa shape index (κ1) is 17.5. The second-order valence-electron chi connectivity index (χ2n) is 5.76.